The van der Waals surface area contributed by atoms with Crippen LogP contribution in [-0.4, -0.2) is 17.6 Å². The van der Waals surface area contributed by atoms with Crippen molar-refractivity contribution in [3.8, 4) is 0 Å². The molecule has 0 bridgehead atoms. The molecule has 0 fully saturated rings. The molecule has 0 saturated carbocycles. The molecule has 4 N–H and O–H groups in total. The van der Waals surface area contributed by atoms with E-state index < -0.39 is 17.6 Å². The number of nitrogen functional groups attached to an aromatic ring is 1. The number of primary amides is 1. The van der Waals surface area contributed by atoms with Crippen molar-refractivity contribution in [2.75, 3.05) is 5.73 Å². The van der Waals surface area contributed by atoms with Gasteiger partial charge in [-0.05, 0) is 12.8 Å². The molecule has 2 rings (SSSR count). The fraction of sp³-hybridized carbons (Fsp3) is 0.0714. The van der Waals surface area contributed by atoms with Gasteiger partial charge in [0.25, 0.3) is 5.91 Å². The summed E-state index contributed by atoms with van der Waals surface area (Å²) in [6.07, 6.45) is -2.16. The van der Waals surface area contributed by atoms with Gasteiger partial charge in [-0.25, -0.2) is 4.98 Å². The number of aromatic nitrogens is 1. The molecular weight excluding hydrogens is 329 g/mol. The summed E-state index contributed by atoms with van der Waals surface area (Å²) in [7, 11) is 0. The van der Waals surface area contributed by atoms with Gasteiger partial charge in [0, 0.05) is 17.2 Å². The molecule has 0 aromatic carbocycles. The average Bonchev–Trinajstić information content (AvgIpc) is 2.80. The molecule has 2 aromatic heterocycles. The van der Waals surface area contributed by atoms with E-state index in [9.17, 15) is 18.0 Å². The Bertz CT molecular complexity index is 852. The summed E-state index contributed by atoms with van der Waals surface area (Å²) in [5, 5.41) is -0.338. The van der Waals surface area contributed by atoms with Crippen LogP contribution in [0.5, 0.6) is 0 Å². The quantitative estimate of drug-likeness (QED) is 0.661. The van der Waals surface area contributed by atoms with Crippen molar-refractivity contribution >= 4 is 45.4 Å². The zero-order valence-corrected chi connectivity index (χ0v) is 12.5. The second kappa shape index (κ2) is 5.84. The highest BCUT2D eigenvalue weighted by Crippen LogP contribution is 2.42. The van der Waals surface area contributed by atoms with Crippen molar-refractivity contribution in [2.45, 2.75) is 6.18 Å². The Morgan fingerprint density at radius 2 is 2.09 bits per heavy atom. The molecule has 9 heteroatoms. The van der Waals surface area contributed by atoms with Crippen LogP contribution in [-0.2, 0) is 6.18 Å². The van der Waals surface area contributed by atoms with Crippen LogP contribution in [0.25, 0.3) is 15.8 Å². The van der Waals surface area contributed by atoms with Crippen LogP contribution >= 0.6 is 11.3 Å². The Morgan fingerprint density at radius 1 is 1.43 bits per heavy atom. The first-order valence-electron chi connectivity index (χ1n) is 6.09. The number of thiophene rings is 1. The van der Waals surface area contributed by atoms with Gasteiger partial charge >= 0.3 is 6.18 Å². The van der Waals surface area contributed by atoms with E-state index in [0.717, 1.165) is 6.07 Å². The first-order valence-corrected chi connectivity index (χ1v) is 6.91. The van der Waals surface area contributed by atoms with Gasteiger partial charge in [0.15, 0.2) is 0 Å². The summed E-state index contributed by atoms with van der Waals surface area (Å²) in [4.78, 5) is 18.7. The Hall–Kier alpha value is -2.68. The van der Waals surface area contributed by atoms with E-state index in [4.69, 9.17) is 11.5 Å². The highest BCUT2D eigenvalue weighted by Gasteiger charge is 2.36. The maximum absolute atomic E-state index is 13.4. The van der Waals surface area contributed by atoms with Gasteiger partial charge in [-0.1, -0.05) is 12.7 Å². The topological polar surface area (TPSA) is 94.4 Å². The molecule has 23 heavy (non-hydrogen) atoms. The number of carbonyl (C=O) groups is 1. The van der Waals surface area contributed by atoms with Gasteiger partial charge in [0.1, 0.15) is 9.71 Å². The van der Waals surface area contributed by atoms with Gasteiger partial charge in [0.05, 0.1) is 16.9 Å². The van der Waals surface area contributed by atoms with Crippen LogP contribution in [0.1, 0.15) is 20.9 Å². The zero-order valence-electron chi connectivity index (χ0n) is 11.6. The van der Waals surface area contributed by atoms with Crippen molar-refractivity contribution in [1.82, 2.24) is 4.98 Å². The van der Waals surface area contributed by atoms with Crippen LogP contribution in [0, 0.1) is 0 Å². The first kappa shape index (κ1) is 16.7. The monoisotopic (exact) mass is 340 g/mol. The Kier molecular flexibility index (Phi) is 4.24. The van der Waals surface area contributed by atoms with E-state index in [1.165, 1.54) is 12.3 Å². The van der Waals surface area contributed by atoms with Crippen LogP contribution in [0.3, 0.4) is 0 Å². The lowest BCUT2D eigenvalue weighted by atomic mass is 10.1. The first-order chi connectivity index (χ1) is 10.7. The molecule has 0 atom stereocenters. The van der Waals surface area contributed by atoms with Gasteiger partial charge in [-0.3, -0.25) is 9.79 Å². The fourth-order valence-electron chi connectivity index (χ4n) is 2.00. The number of anilines is 1. The van der Waals surface area contributed by atoms with Crippen molar-refractivity contribution in [1.29, 1.82) is 0 Å². The summed E-state index contributed by atoms with van der Waals surface area (Å²) >= 11 is 0.704. The fourth-order valence-corrected chi connectivity index (χ4v) is 2.97. The third-order valence-corrected chi connectivity index (χ3v) is 4.09. The minimum atomic E-state index is -4.69. The molecule has 0 saturated heterocycles. The SMILES string of the molecule is C=C/C(=C\N=C)c1cc(C(F)(F)F)c2c(N)c(C(N)=O)sc2n1. The van der Waals surface area contributed by atoms with Crippen molar-refractivity contribution < 1.29 is 18.0 Å². The smallest absolute Gasteiger partial charge is 0.397 e. The molecule has 0 aliphatic heterocycles. The molecule has 0 aliphatic rings. The lowest BCUT2D eigenvalue weighted by Gasteiger charge is -2.11. The highest BCUT2D eigenvalue weighted by molar-refractivity contribution is 7.21. The second-order valence-corrected chi connectivity index (χ2v) is 5.41. The lowest BCUT2D eigenvalue weighted by molar-refractivity contribution is -0.136. The van der Waals surface area contributed by atoms with Crippen LogP contribution in [0.15, 0.2) is 29.9 Å². The number of hydrogen-bond donors (Lipinski definition) is 2. The number of rotatable bonds is 4. The number of halogens is 3. The second-order valence-electron chi connectivity index (χ2n) is 4.41. The molecule has 120 valence electrons. The Labute approximate surface area is 132 Å². The Balaban J connectivity index is 2.92. The van der Waals surface area contributed by atoms with Crippen molar-refractivity contribution in [3.05, 3.63) is 41.1 Å². The minimum Gasteiger partial charge on any atom is -0.397 e. The highest BCUT2D eigenvalue weighted by atomic mass is 32.1. The number of nitrogens with zero attached hydrogens (tertiary/aromatic N) is 2. The van der Waals surface area contributed by atoms with E-state index in [1.807, 2.05) is 0 Å². The van der Waals surface area contributed by atoms with Gasteiger partial charge in [-0.15, -0.1) is 11.3 Å². The van der Waals surface area contributed by atoms with E-state index >= 15 is 0 Å². The standard InChI is InChI=1S/C14H11F3N4OS/c1-3-6(5-20-2)8-4-7(14(15,16)17)9-10(18)11(12(19)22)23-13(9)21-8/h3-5H,1-2,18H2,(H2,19,22)/b6-5+. The predicted molar refractivity (Wildman–Crippen MR) is 85.3 cm³/mol. The summed E-state index contributed by atoms with van der Waals surface area (Å²) in [5.41, 5.74) is 9.71. The third-order valence-electron chi connectivity index (χ3n) is 2.97. The molecule has 1 amide bonds. The van der Waals surface area contributed by atoms with E-state index in [0.29, 0.717) is 11.3 Å². The number of carbonyl (C=O) groups excluding carboxylic acids is 1. The number of allylic oxidation sites excluding steroid dienone is 2. The molecule has 2 heterocycles. The van der Waals surface area contributed by atoms with Gasteiger partial charge < -0.3 is 11.5 Å². The molecule has 5 nitrogen and oxygen atoms in total. The number of fused-ring (bicyclic) bond motifs is 1. The normalized spacial score (nSPS) is 12.4. The summed E-state index contributed by atoms with van der Waals surface area (Å²) in [6, 6.07) is 0.828. The van der Waals surface area contributed by atoms with Gasteiger partial charge in [0.2, 0.25) is 0 Å². The maximum Gasteiger partial charge on any atom is 0.417 e. The summed E-state index contributed by atoms with van der Waals surface area (Å²) < 4.78 is 40.1. The third kappa shape index (κ3) is 2.95. The number of alkyl halides is 3. The van der Waals surface area contributed by atoms with E-state index in [2.05, 4.69) is 23.3 Å². The number of aliphatic imine (C=N–C) groups is 1. The van der Waals surface area contributed by atoms with Crippen molar-refractivity contribution in [3.63, 3.8) is 0 Å². The van der Waals surface area contributed by atoms with Gasteiger partial charge in [-0.2, -0.15) is 13.2 Å². The zero-order chi connectivity index (χ0) is 17.4. The Morgan fingerprint density at radius 3 is 2.57 bits per heavy atom. The number of nitrogens with two attached hydrogens (primary N) is 2. The molecule has 0 unspecified atom stereocenters. The number of amides is 1. The molecule has 0 radical (unpaired) electrons. The van der Waals surface area contributed by atoms with E-state index in [1.54, 1.807) is 0 Å². The molecule has 2 aromatic rings. The lowest BCUT2D eigenvalue weighted by Crippen LogP contribution is -2.11. The van der Waals surface area contributed by atoms with Crippen LogP contribution in [0.4, 0.5) is 18.9 Å². The van der Waals surface area contributed by atoms with Crippen molar-refractivity contribution in [2.24, 2.45) is 10.7 Å². The largest absolute Gasteiger partial charge is 0.417 e. The van der Waals surface area contributed by atoms with E-state index in [-0.39, 0.29) is 32.0 Å². The number of hydrogen-bond acceptors (Lipinski definition) is 5. The molecule has 0 aliphatic carbocycles. The van der Waals surface area contributed by atoms with Crippen LogP contribution in [0.2, 0.25) is 0 Å². The van der Waals surface area contributed by atoms with Crippen LogP contribution < -0.4 is 11.5 Å². The molecule has 0 spiro atoms. The minimum absolute atomic E-state index is 0.00973. The predicted octanol–water partition coefficient (Wildman–Crippen LogP) is 3.22. The number of pyridine rings is 1. The molecular formula is C14H11F3N4OS. The average molecular weight is 340 g/mol. The summed E-state index contributed by atoms with van der Waals surface area (Å²) in [6.45, 7) is 6.75. The maximum atomic E-state index is 13.4. The summed E-state index contributed by atoms with van der Waals surface area (Å²) in [5.74, 6) is -0.910.